The van der Waals surface area contributed by atoms with Gasteiger partial charge in [0.15, 0.2) is 11.9 Å². The van der Waals surface area contributed by atoms with Crippen LogP contribution in [-0.2, 0) is 5.41 Å². The lowest BCUT2D eigenvalue weighted by Crippen LogP contribution is -2.44. The molecular formula is C23H28F3N5O3. The highest BCUT2D eigenvalue weighted by molar-refractivity contribution is 5.98. The van der Waals surface area contributed by atoms with Crippen LogP contribution in [-0.4, -0.2) is 43.8 Å². The van der Waals surface area contributed by atoms with Crippen molar-refractivity contribution >= 4 is 17.4 Å². The summed E-state index contributed by atoms with van der Waals surface area (Å²) in [6.07, 6.45) is -4.64. The second-order valence-corrected chi connectivity index (χ2v) is 9.65. The van der Waals surface area contributed by atoms with Crippen molar-refractivity contribution in [3.05, 3.63) is 41.6 Å². The van der Waals surface area contributed by atoms with Crippen molar-refractivity contribution in [3.8, 4) is 6.07 Å². The summed E-state index contributed by atoms with van der Waals surface area (Å²) in [5.41, 5.74) is 3.78. The molecule has 5 N–H and O–H groups in total. The smallest absolute Gasteiger partial charge is 0.390 e. The van der Waals surface area contributed by atoms with E-state index in [0.29, 0.717) is 18.5 Å². The Balaban J connectivity index is 1.85. The number of hydrogen-bond acceptors (Lipinski definition) is 6. The lowest BCUT2D eigenvalue weighted by Gasteiger charge is -2.36. The van der Waals surface area contributed by atoms with Gasteiger partial charge in [-0.25, -0.2) is 0 Å². The fraction of sp³-hybridized carbons (Fsp3) is 0.522. The van der Waals surface area contributed by atoms with Gasteiger partial charge in [0.05, 0.1) is 23.6 Å². The van der Waals surface area contributed by atoms with Crippen LogP contribution >= 0.6 is 0 Å². The van der Waals surface area contributed by atoms with Crippen LogP contribution in [0.1, 0.15) is 62.0 Å². The number of anilines is 2. The number of nitriles is 1. The zero-order valence-electron chi connectivity index (χ0n) is 19.1. The fourth-order valence-corrected chi connectivity index (χ4v) is 4.34. The number of aliphatic hydroxyl groups is 2. The van der Waals surface area contributed by atoms with Gasteiger partial charge in [0.25, 0.3) is 5.91 Å². The summed E-state index contributed by atoms with van der Waals surface area (Å²) >= 11 is 0. The minimum absolute atomic E-state index is 0.0888. The number of halogens is 3. The molecule has 1 aliphatic carbocycles. The maximum atomic E-state index is 13.0. The van der Waals surface area contributed by atoms with E-state index in [9.17, 15) is 33.4 Å². The highest BCUT2D eigenvalue weighted by atomic mass is 19.4. The van der Waals surface area contributed by atoms with Crippen LogP contribution in [0.15, 0.2) is 30.5 Å². The van der Waals surface area contributed by atoms with Gasteiger partial charge < -0.3 is 21.3 Å². The molecule has 0 aliphatic heterocycles. The van der Waals surface area contributed by atoms with Crippen LogP contribution < -0.4 is 11.1 Å². The summed E-state index contributed by atoms with van der Waals surface area (Å²) in [7, 11) is 0. The molecule has 1 aromatic heterocycles. The Morgan fingerprint density at radius 3 is 2.50 bits per heavy atom. The fourth-order valence-electron chi connectivity index (χ4n) is 4.34. The molecule has 1 fully saturated rings. The Bertz CT molecular complexity index is 1090. The molecule has 34 heavy (non-hydrogen) atoms. The molecule has 1 heterocycles. The van der Waals surface area contributed by atoms with Crippen LogP contribution in [0.4, 0.5) is 24.7 Å². The quantitative estimate of drug-likeness (QED) is 0.500. The van der Waals surface area contributed by atoms with E-state index in [1.165, 1.54) is 49.0 Å². The number of alkyl halides is 3. The van der Waals surface area contributed by atoms with Crippen molar-refractivity contribution in [2.45, 2.75) is 69.4 Å². The third-order valence-electron chi connectivity index (χ3n) is 6.49. The highest BCUT2D eigenvalue weighted by Gasteiger charge is 2.48. The summed E-state index contributed by atoms with van der Waals surface area (Å²) in [4.78, 5) is 12.0. The zero-order chi connectivity index (χ0) is 25.5. The van der Waals surface area contributed by atoms with E-state index in [-0.39, 0.29) is 29.4 Å². The van der Waals surface area contributed by atoms with Gasteiger partial charge in [-0.15, -0.1) is 0 Å². The topological polar surface area (TPSA) is 137 Å². The van der Waals surface area contributed by atoms with E-state index < -0.39 is 35.1 Å². The zero-order valence-corrected chi connectivity index (χ0v) is 19.1. The van der Waals surface area contributed by atoms with E-state index in [4.69, 9.17) is 5.73 Å². The van der Waals surface area contributed by atoms with Gasteiger partial charge in [0.2, 0.25) is 0 Å². The number of nitrogens with one attached hydrogen (secondary N) is 1. The number of hydrogen-bond donors (Lipinski definition) is 4. The first-order valence-corrected chi connectivity index (χ1v) is 10.8. The van der Waals surface area contributed by atoms with Gasteiger partial charge in [-0.1, -0.05) is 26.0 Å². The van der Waals surface area contributed by atoms with Gasteiger partial charge in [0.1, 0.15) is 5.56 Å². The molecule has 11 heteroatoms. The molecule has 1 aliphatic rings. The summed E-state index contributed by atoms with van der Waals surface area (Å²) < 4.78 is 40.6. The van der Waals surface area contributed by atoms with Crippen molar-refractivity contribution < 1.29 is 28.2 Å². The first-order valence-electron chi connectivity index (χ1n) is 10.8. The van der Waals surface area contributed by atoms with Crippen molar-refractivity contribution in [3.63, 3.8) is 0 Å². The molecule has 1 saturated carbocycles. The average Bonchev–Trinajstić information content (AvgIpc) is 3.16. The van der Waals surface area contributed by atoms with E-state index in [0.717, 1.165) is 0 Å². The minimum Gasteiger partial charge on any atom is -0.390 e. The van der Waals surface area contributed by atoms with E-state index in [1.54, 1.807) is 6.92 Å². The maximum Gasteiger partial charge on any atom is 0.415 e. The molecule has 184 valence electrons. The van der Waals surface area contributed by atoms with Crippen molar-refractivity contribution in [2.24, 2.45) is 11.7 Å². The minimum atomic E-state index is -4.77. The molecule has 2 aromatic rings. The SMILES string of the molecule is CC1(O)CCC(n2cc(C(N)=O)c(Nc3ccc(C(C)(C)C(O)C(F)(F)F)cc3)n2)C(C#N)C1. The predicted octanol–water partition coefficient (Wildman–Crippen LogP) is 3.54. The van der Waals surface area contributed by atoms with Gasteiger partial charge >= 0.3 is 6.18 Å². The Kier molecular flexibility index (Phi) is 6.70. The van der Waals surface area contributed by atoms with Crippen LogP contribution in [0.5, 0.6) is 0 Å². The lowest BCUT2D eigenvalue weighted by atomic mass is 9.77. The largest absolute Gasteiger partial charge is 0.415 e. The number of nitrogens with zero attached hydrogens (tertiary/aromatic N) is 3. The highest BCUT2D eigenvalue weighted by Crippen LogP contribution is 2.40. The first kappa shape index (κ1) is 25.5. The third-order valence-corrected chi connectivity index (χ3v) is 6.49. The number of carbonyl (C=O) groups is 1. The molecular weight excluding hydrogens is 451 g/mol. The van der Waals surface area contributed by atoms with Gasteiger partial charge in [-0.05, 0) is 43.9 Å². The number of carbonyl (C=O) groups excluding carboxylic acids is 1. The Morgan fingerprint density at radius 2 is 1.97 bits per heavy atom. The molecule has 3 rings (SSSR count). The number of benzene rings is 1. The molecule has 1 aromatic carbocycles. The first-order chi connectivity index (χ1) is 15.7. The van der Waals surface area contributed by atoms with Crippen molar-refractivity contribution in [2.75, 3.05) is 5.32 Å². The second-order valence-electron chi connectivity index (χ2n) is 9.65. The van der Waals surface area contributed by atoms with E-state index >= 15 is 0 Å². The number of aromatic nitrogens is 2. The summed E-state index contributed by atoms with van der Waals surface area (Å²) in [6, 6.07) is 7.77. The normalized spacial score (nSPS) is 24.3. The number of nitrogens with two attached hydrogens (primary N) is 1. The standard InChI is InChI=1S/C23H28F3N5O3/c1-21(2,20(33)23(24,25)26)14-4-6-15(7-5-14)29-19-16(18(28)32)12-31(30-19)17-8-9-22(3,34)10-13(17)11-27/h4-7,12-13,17,20,33-34H,8-10H2,1-3H3,(H2,28,32)(H,29,30). The molecule has 0 spiro atoms. The molecule has 4 atom stereocenters. The van der Waals surface area contributed by atoms with Crippen molar-refractivity contribution in [1.29, 1.82) is 5.26 Å². The predicted molar refractivity (Wildman–Crippen MR) is 118 cm³/mol. The Morgan fingerprint density at radius 1 is 1.35 bits per heavy atom. The molecule has 0 bridgehead atoms. The number of amides is 1. The van der Waals surface area contributed by atoms with E-state index in [1.807, 2.05) is 0 Å². The molecule has 1 amide bonds. The molecule has 0 saturated heterocycles. The third kappa shape index (κ3) is 5.18. The lowest BCUT2D eigenvalue weighted by molar-refractivity contribution is -0.221. The molecule has 8 nitrogen and oxygen atoms in total. The average molecular weight is 480 g/mol. The summed E-state index contributed by atoms with van der Waals surface area (Å²) in [6.45, 7) is 4.28. The van der Waals surface area contributed by atoms with E-state index in [2.05, 4.69) is 16.5 Å². The Hall–Kier alpha value is -3.10. The van der Waals surface area contributed by atoms with Gasteiger partial charge in [-0.3, -0.25) is 9.48 Å². The number of rotatable bonds is 6. The maximum absolute atomic E-state index is 13.0. The van der Waals surface area contributed by atoms with Gasteiger partial charge in [0, 0.05) is 17.3 Å². The van der Waals surface area contributed by atoms with Crippen molar-refractivity contribution in [1.82, 2.24) is 9.78 Å². The summed E-state index contributed by atoms with van der Waals surface area (Å²) in [5.74, 6) is -1.11. The summed E-state index contributed by atoms with van der Waals surface area (Å²) in [5, 5.41) is 36.9. The number of aliphatic hydroxyl groups excluding tert-OH is 1. The van der Waals surface area contributed by atoms with Crippen LogP contribution in [0.25, 0.3) is 0 Å². The number of primary amides is 1. The van der Waals surface area contributed by atoms with Gasteiger partial charge in [-0.2, -0.15) is 23.5 Å². The van der Waals surface area contributed by atoms with Crippen LogP contribution in [0.2, 0.25) is 0 Å². The van der Waals surface area contributed by atoms with Crippen LogP contribution in [0.3, 0.4) is 0 Å². The Labute approximate surface area is 195 Å². The van der Waals surface area contributed by atoms with Crippen LogP contribution in [0, 0.1) is 17.2 Å². The molecule has 4 unspecified atom stereocenters. The monoisotopic (exact) mass is 479 g/mol. The second kappa shape index (κ2) is 8.92. The molecule has 0 radical (unpaired) electrons.